The summed E-state index contributed by atoms with van der Waals surface area (Å²) in [7, 11) is 0. The van der Waals surface area contributed by atoms with Gasteiger partial charge in [0.25, 0.3) is 0 Å². The number of carbonyl (C=O) groups excluding carboxylic acids is 1. The molecule has 1 aromatic carbocycles. The van der Waals surface area contributed by atoms with E-state index in [4.69, 9.17) is 9.84 Å². The summed E-state index contributed by atoms with van der Waals surface area (Å²) in [5, 5.41) is 9.05. The first kappa shape index (κ1) is 12.6. The van der Waals surface area contributed by atoms with Crippen molar-refractivity contribution >= 4 is 6.09 Å². The molecule has 0 spiro atoms. The molecular weight excluding hydrogens is 230 g/mol. The summed E-state index contributed by atoms with van der Waals surface area (Å²) in [6.07, 6.45) is 2.43. The molecular formula is C14H17NO3. The number of ether oxygens (including phenoxy) is 1. The normalized spacial score (nSPS) is 15.2. The zero-order valence-electron chi connectivity index (χ0n) is 10.2. The number of hydrogen-bond donors (Lipinski definition) is 1. The molecule has 0 fully saturated rings. The Morgan fingerprint density at radius 3 is 2.83 bits per heavy atom. The molecule has 0 saturated carbocycles. The van der Waals surface area contributed by atoms with Crippen LogP contribution in [0.25, 0.3) is 0 Å². The first-order valence-corrected chi connectivity index (χ1v) is 6.04. The van der Waals surface area contributed by atoms with Crippen LogP contribution in [-0.4, -0.2) is 35.8 Å². The number of amides is 1. The van der Waals surface area contributed by atoms with Crippen LogP contribution in [0.1, 0.15) is 12.0 Å². The van der Waals surface area contributed by atoms with E-state index in [2.05, 4.69) is 0 Å². The molecule has 1 aromatic rings. The van der Waals surface area contributed by atoms with Crippen LogP contribution in [0.2, 0.25) is 0 Å². The molecule has 1 heterocycles. The Kier molecular flexibility index (Phi) is 4.36. The fraction of sp³-hybridized carbons (Fsp3) is 0.357. The van der Waals surface area contributed by atoms with Crippen molar-refractivity contribution in [2.24, 2.45) is 0 Å². The van der Waals surface area contributed by atoms with Crippen molar-refractivity contribution in [1.82, 2.24) is 4.90 Å². The van der Waals surface area contributed by atoms with Gasteiger partial charge in [0.2, 0.25) is 0 Å². The summed E-state index contributed by atoms with van der Waals surface area (Å²) < 4.78 is 5.24. The van der Waals surface area contributed by atoms with Crippen molar-refractivity contribution in [2.75, 3.05) is 19.7 Å². The summed E-state index contributed by atoms with van der Waals surface area (Å²) in [5.74, 6) is 0. The average Bonchev–Trinajstić information content (AvgIpc) is 2.46. The van der Waals surface area contributed by atoms with Crippen molar-refractivity contribution in [3.8, 4) is 0 Å². The van der Waals surface area contributed by atoms with Gasteiger partial charge >= 0.3 is 6.09 Å². The highest BCUT2D eigenvalue weighted by Gasteiger charge is 2.18. The third-order valence-electron chi connectivity index (χ3n) is 2.89. The second-order valence-corrected chi connectivity index (χ2v) is 4.27. The molecule has 0 bridgehead atoms. The van der Waals surface area contributed by atoms with Crippen molar-refractivity contribution in [2.45, 2.75) is 13.0 Å². The Hall–Kier alpha value is -1.81. The molecule has 1 aliphatic rings. The number of carbonyl (C=O) groups is 1. The molecule has 0 unspecified atom stereocenters. The van der Waals surface area contributed by atoms with Gasteiger partial charge in [-0.3, -0.25) is 0 Å². The van der Waals surface area contributed by atoms with Crippen LogP contribution in [0.5, 0.6) is 0 Å². The minimum absolute atomic E-state index is 0.00245. The molecule has 1 N–H and O–H groups in total. The Balaban J connectivity index is 1.84. The molecule has 18 heavy (non-hydrogen) atoms. The van der Waals surface area contributed by atoms with Crippen molar-refractivity contribution in [1.29, 1.82) is 0 Å². The predicted octanol–water partition coefficient (Wildman–Crippen LogP) is 1.95. The largest absolute Gasteiger partial charge is 0.445 e. The van der Waals surface area contributed by atoms with Crippen molar-refractivity contribution in [3.05, 3.63) is 47.5 Å². The highest BCUT2D eigenvalue weighted by molar-refractivity contribution is 5.68. The maximum Gasteiger partial charge on any atom is 0.410 e. The lowest BCUT2D eigenvalue weighted by Gasteiger charge is -2.26. The maximum absolute atomic E-state index is 11.8. The van der Waals surface area contributed by atoms with Crippen molar-refractivity contribution in [3.63, 3.8) is 0 Å². The number of hydrogen-bond acceptors (Lipinski definition) is 3. The molecule has 96 valence electrons. The van der Waals surface area contributed by atoms with E-state index in [1.165, 1.54) is 0 Å². The molecule has 1 amide bonds. The van der Waals surface area contributed by atoms with E-state index in [1.807, 2.05) is 36.4 Å². The topological polar surface area (TPSA) is 49.8 Å². The minimum atomic E-state index is -0.321. The van der Waals surface area contributed by atoms with Gasteiger partial charge in [-0.2, -0.15) is 0 Å². The average molecular weight is 247 g/mol. The van der Waals surface area contributed by atoms with Gasteiger partial charge in [0.1, 0.15) is 6.61 Å². The van der Waals surface area contributed by atoms with Crippen LogP contribution >= 0.6 is 0 Å². The smallest absolute Gasteiger partial charge is 0.410 e. The lowest BCUT2D eigenvalue weighted by atomic mass is 10.1. The number of rotatable bonds is 3. The lowest BCUT2D eigenvalue weighted by molar-refractivity contribution is 0.0971. The standard InChI is InChI=1S/C14H17NO3/c16-10-13-7-4-8-15(9-13)14(17)18-11-12-5-2-1-3-6-12/h1-3,5-7,16H,4,8-11H2. The molecule has 4 nitrogen and oxygen atoms in total. The second kappa shape index (κ2) is 6.21. The molecule has 0 aromatic heterocycles. The highest BCUT2D eigenvalue weighted by Crippen LogP contribution is 2.11. The van der Waals surface area contributed by atoms with E-state index < -0.39 is 0 Å². The molecule has 4 heteroatoms. The monoisotopic (exact) mass is 247 g/mol. The minimum Gasteiger partial charge on any atom is -0.445 e. The van der Waals surface area contributed by atoms with Gasteiger partial charge in [0.05, 0.1) is 6.61 Å². The maximum atomic E-state index is 11.8. The number of aliphatic hydroxyl groups is 1. The van der Waals surface area contributed by atoms with Crippen LogP contribution < -0.4 is 0 Å². The second-order valence-electron chi connectivity index (χ2n) is 4.27. The van der Waals surface area contributed by atoms with Gasteiger partial charge in [0.15, 0.2) is 0 Å². The van der Waals surface area contributed by atoms with Crippen LogP contribution in [-0.2, 0) is 11.3 Å². The van der Waals surface area contributed by atoms with Crippen LogP contribution in [0.3, 0.4) is 0 Å². The summed E-state index contributed by atoms with van der Waals surface area (Å²) in [6, 6.07) is 9.59. The molecule has 0 radical (unpaired) electrons. The van der Waals surface area contributed by atoms with Gasteiger partial charge in [-0.25, -0.2) is 4.79 Å². The van der Waals surface area contributed by atoms with E-state index in [-0.39, 0.29) is 19.3 Å². The summed E-state index contributed by atoms with van der Waals surface area (Å²) in [5.41, 5.74) is 1.85. The van der Waals surface area contributed by atoms with Crippen molar-refractivity contribution < 1.29 is 14.6 Å². The van der Waals surface area contributed by atoms with E-state index in [0.29, 0.717) is 13.1 Å². The third kappa shape index (κ3) is 3.34. The Labute approximate surface area is 106 Å². The summed E-state index contributed by atoms with van der Waals surface area (Å²) >= 11 is 0. The van der Waals surface area contributed by atoms with E-state index in [1.54, 1.807) is 4.90 Å². The van der Waals surface area contributed by atoms with E-state index in [0.717, 1.165) is 17.6 Å². The van der Waals surface area contributed by atoms with Gasteiger partial charge in [0, 0.05) is 13.1 Å². The predicted molar refractivity (Wildman–Crippen MR) is 68.0 cm³/mol. The van der Waals surface area contributed by atoms with Gasteiger partial charge < -0.3 is 14.7 Å². The van der Waals surface area contributed by atoms with Gasteiger partial charge in [-0.1, -0.05) is 36.4 Å². The summed E-state index contributed by atoms with van der Waals surface area (Å²) in [6.45, 7) is 1.40. The summed E-state index contributed by atoms with van der Waals surface area (Å²) in [4.78, 5) is 13.4. The number of nitrogens with zero attached hydrogens (tertiary/aromatic N) is 1. The third-order valence-corrected chi connectivity index (χ3v) is 2.89. The lowest BCUT2D eigenvalue weighted by Crippen LogP contribution is -2.36. The highest BCUT2D eigenvalue weighted by atomic mass is 16.6. The SMILES string of the molecule is O=C(OCc1ccccc1)N1CCC=C(CO)C1. The fourth-order valence-corrected chi connectivity index (χ4v) is 1.89. The fourth-order valence-electron chi connectivity index (χ4n) is 1.89. The first-order valence-electron chi connectivity index (χ1n) is 6.04. The molecule has 0 atom stereocenters. The van der Waals surface area contributed by atoms with E-state index in [9.17, 15) is 4.79 Å². The van der Waals surface area contributed by atoms with Crippen LogP contribution in [0.4, 0.5) is 4.79 Å². The van der Waals surface area contributed by atoms with E-state index >= 15 is 0 Å². The van der Waals surface area contributed by atoms with Crippen LogP contribution in [0.15, 0.2) is 42.0 Å². The first-order chi connectivity index (χ1) is 8.79. The quantitative estimate of drug-likeness (QED) is 0.830. The Morgan fingerprint density at radius 1 is 1.33 bits per heavy atom. The molecule has 0 aliphatic carbocycles. The zero-order valence-corrected chi connectivity index (χ0v) is 10.2. The number of benzene rings is 1. The number of aliphatic hydroxyl groups excluding tert-OH is 1. The molecule has 0 saturated heterocycles. The Bertz CT molecular complexity index is 428. The zero-order chi connectivity index (χ0) is 12.8. The molecule has 2 rings (SSSR count). The van der Waals surface area contributed by atoms with Gasteiger partial charge in [-0.15, -0.1) is 0 Å². The van der Waals surface area contributed by atoms with Crippen LogP contribution in [0, 0.1) is 0 Å². The molecule has 1 aliphatic heterocycles. The Morgan fingerprint density at radius 2 is 2.11 bits per heavy atom. The van der Waals surface area contributed by atoms with Gasteiger partial charge in [-0.05, 0) is 17.6 Å².